The van der Waals surface area contributed by atoms with Crippen molar-refractivity contribution in [2.75, 3.05) is 6.54 Å². The minimum Gasteiger partial charge on any atom is -0.392 e. The van der Waals surface area contributed by atoms with Crippen LogP contribution in [0.2, 0.25) is 0 Å². The Bertz CT molecular complexity index is 266. The van der Waals surface area contributed by atoms with E-state index >= 15 is 0 Å². The summed E-state index contributed by atoms with van der Waals surface area (Å²) < 4.78 is 0. The Labute approximate surface area is 81.3 Å². The molecule has 1 unspecified atom stereocenters. The van der Waals surface area contributed by atoms with Crippen LogP contribution in [0.3, 0.4) is 0 Å². The van der Waals surface area contributed by atoms with E-state index in [0.29, 0.717) is 6.42 Å². The molecular formula is C7H11N3O2S. The molecule has 0 radical (unpaired) electrons. The van der Waals surface area contributed by atoms with E-state index in [2.05, 4.69) is 17.5 Å². The lowest BCUT2D eigenvalue weighted by Gasteiger charge is -2.10. The molecule has 0 spiro atoms. The van der Waals surface area contributed by atoms with Crippen LogP contribution in [0.5, 0.6) is 0 Å². The number of urea groups is 1. The fraction of sp³-hybridized carbons (Fsp3) is 0.571. The molecule has 1 fully saturated rings. The van der Waals surface area contributed by atoms with E-state index in [-0.39, 0.29) is 17.4 Å². The van der Waals surface area contributed by atoms with Crippen LogP contribution < -0.4 is 11.1 Å². The van der Waals surface area contributed by atoms with Gasteiger partial charge in [0.1, 0.15) is 6.04 Å². The Morgan fingerprint density at radius 3 is 2.69 bits per heavy atom. The van der Waals surface area contributed by atoms with Crippen LogP contribution in [0, 0.1) is 0 Å². The minimum absolute atomic E-state index is 0.0243. The summed E-state index contributed by atoms with van der Waals surface area (Å²) in [6, 6.07) is -0.827. The maximum Gasteiger partial charge on any atom is 0.325 e. The Hall–Kier alpha value is -1.17. The molecule has 1 aliphatic rings. The summed E-state index contributed by atoms with van der Waals surface area (Å²) in [5.74, 6) is -0.250. The number of nitrogens with two attached hydrogens (primary N) is 1. The van der Waals surface area contributed by atoms with Gasteiger partial charge in [-0.05, 0) is 6.42 Å². The molecule has 3 amide bonds. The maximum atomic E-state index is 11.4. The van der Waals surface area contributed by atoms with E-state index in [9.17, 15) is 9.59 Å². The van der Waals surface area contributed by atoms with E-state index in [4.69, 9.17) is 5.73 Å². The van der Waals surface area contributed by atoms with Crippen LogP contribution in [0.25, 0.3) is 0 Å². The summed E-state index contributed by atoms with van der Waals surface area (Å²) in [7, 11) is 0. The zero-order chi connectivity index (χ0) is 10.0. The molecule has 72 valence electrons. The fourth-order valence-electron chi connectivity index (χ4n) is 1.16. The number of nitrogens with zero attached hydrogens (tertiary/aromatic N) is 1. The SMILES string of the molecule is CCC1NC(=O)N(CC(N)=S)C1=O. The average molecular weight is 201 g/mol. The molecule has 0 bridgehead atoms. The third kappa shape index (κ3) is 1.95. The van der Waals surface area contributed by atoms with Gasteiger partial charge in [-0.3, -0.25) is 9.69 Å². The summed E-state index contributed by atoms with van der Waals surface area (Å²) in [6.45, 7) is 1.85. The number of rotatable bonds is 3. The second kappa shape index (κ2) is 3.69. The van der Waals surface area contributed by atoms with Crippen molar-refractivity contribution < 1.29 is 9.59 Å². The Kier molecular flexibility index (Phi) is 2.82. The Balaban J connectivity index is 2.70. The lowest BCUT2D eigenvalue weighted by molar-refractivity contribution is -0.126. The summed E-state index contributed by atoms with van der Waals surface area (Å²) in [6.07, 6.45) is 0.582. The standard InChI is InChI=1S/C7H11N3O2S/c1-2-4-6(11)10(3-5(8)13)7(12)9-4/h4H,2-3H2,1H3,(H2,8,13)(H,9,12). The van der Waals surface area contributed by atoms with Crippen molar-refractivity contribution in [2.24, 2.45) is 5.73 Å². The van der Waals surface area contributed by atoms with Crippen molar-refractivity contribution in [1.82, 2.24) is 10.2 Å². The third-order valence-electron chi connectivity index (χ3n) is 1.83. The summed E-state index contributed by atoms with van der Waals surface area (Å²) >= 11 is 4.62. The van der Waals surface area contributed by atoms with Crippen molar-refractivity contribution in [3.63, 3.8) is 0 Å². The first-order valence-corrected chi connectivity index (χ1v) is 4.37. The second-order valence-corrected chi connectivity index (χ2v) is 3.33. The van der Waals surface area contributed by atoms with Crippen LogP contribution in [0.15, 0.2) is 0 Å². The smallest absolute Gasteiger partial charge is 0.325 e. The highest BCUT2D eigenvalue weighted by Gasteiger charge is 2.36. The van der Waals surface area contributed by atoms with E-state index in [0.717, 1.165) is 4.90 Å². The minimum atomic E-state index is -0.415. The number of carbonyl (C=O) groups excluding carboxylic acids is 2. The van der Waals surface area contributed by atoms with Crippen molar-refractivity contribution in [3.05, 3.63) is 0 Å². The first kappa shape index (κ1) is 9.91. The van der Waals surface area contributed by atoms with Gasteiger partial charge in [0.15, 0.2) is 0 Å². The first-order chi connectivity index (χ1) is 6.06. The van der Waals surface area contributed by atoms with Gasteiger partial charge in [0, 0.05) is 0 Å². The van der Waals surface area contributed by atoms with Crippen molar-refractivity contribution in [1.29, 1.82) is 0 Å². The number of nitrogens with one attached hydrogen (secondary N) is 1. The van der Waals surface area contributed by atoms with Crippen LogP contribution >= 0.6 is 12.2 Å². The van der Waals surface area contributed by atoms with Crippen LogP contribution in [0.1, 0.15) is 13.3 Å². The number of imide groups is 1. The first-order valence-electron chi connectivity index (χ1n) is 3.96. The zero-order valence-corrected chi connectivity index (χ0v) is 8.06. The van der Waals surface area contributed by atoms with Gasteiger partial charge in [0.25, 0.3) is 5.91 Å². The molecule has 3 N–H and O–H groups in total. The molecule has 1 atom stereocenters. The van der Waals surface area contributed by atoms with E-state index in [1.54, 1.807) is 0 Å². The highest BCUT2D eigenvalue weighted by atomic mass is 32.1. The van der Waals surface area contributed by atoms with Gasteiger partial charge in [-0.2, -0.15) is 0 Å². The lowest BCUT2D eigenvalue weighted by atomic mass is 10.2. The molecule has 5 nitrogen and oxygen atoms in total. The van der Waals surface area contributed by atoms with Crippen LogP contribution in [-0.4, -0.2) is 34.4 Å². The summed E-state index contributed by atoms with van der Waals surface area (Å²) in [5, 5.41) is 2.53. The molecule has 1 aliphatic heterocycles. The Morgan fingerprint density at radius 1 is 1.69 bits per heavy atom. The number of hydrogen-bond donors (Lipinski definition) is 2. The molecule has 13 heavy (non-hydrogen) atoms. The molecule has 0 aromatic carbocycles. The molecule has 0 saturated carbocycles. The highest BCUT2D eigenvalue weighted by molar-refractivity contribution is 7.80. The van der Waals surface area contributed by atoms with E-state index < -0.39 is 12.1 Å². The van der Waals surface area contributed by atoms with Gasteiger partial charge >= 0.3 is 6.03 Å². The van der Waals surface area contributed by atoms with Gasteiger partial charge < -0.3 is 11.1 Å². The second-order valence-electron chi connectivity index (χ2n) is 2.80. The Morgan fingerprint density at radius 2 is 2.31 bits per heavy atom. The maximum absolute atomic E-state index is 11.4. The van der Waals surface area contributed by atoms with Crippen LogP contribution in [0.4, 0.5) is 4.79 Å². The van der Waals surface area contributed by atoms with Crippen molar-refractivity contribution in [2.45, 2.75) is 19.4 Å². The molecule has 0 aliphatic carbocycles. The van der Waals surface area contributed by atoms with Gasteiger partial charge in [-0.15, -0.1) is 0 Å². The molecule has 0 aromatic heterocycles. The van der Waals surface area contributed by atoms with Crippen molar-refractivity contribution in [3.8, 4) is 0 Å². The third-order valence-corrected chi connectivity index (χ3v) is 1.96. The van der Waals surface area contributed by atoms with E-state index in [1.807, 2.05) is 6.92 Å². The number of carbonyl (C=O) groups is 2. The predicted octanol–water partition coefficient (Wildman–Crippen LogP) is -0.397. The monoisotopic (exact) mass is 201 g/mol. The molecule has 1 saturated heterocycles. The zero-order valence-electron chi connectivity index (χ0n) is 7.24. The molecular weight excluding hydrogens is 190 g/mol. The summed E-state index contributed by atoms with van der Waals surface area (Å²) in [5.41, 5.74) is 5.24. The number of thiocarbonyl (C=S) groups is 1. The van der Waals surface area contributed by atoms with Gasteiger partial charge in [0.05, 0.1) is 11.5 Å². The fourth-order valence-corrected chi connectivity index (χ4v) is 1.29. The normalized spacial score (nSPS) is 21.9. The van der Waals surface area contributed by atoms with Crippen LogP contribution in [-0.2, 0) is 4.79 Å². The largest absolute Gasteiger partial charge is 0.392 e. The number of amides is 3. The quantitative estimate of drug-likeness (QED) is 0.481. The summed E-state index contributed by atoms with van der Waals surface area (Å²) in [4.78, 5) is 23.8. The van der Waals surface area contributed by atoms with Gasteiger partial charge in [-0.1, -0.05) is 19.1 Å². The number of hydrogen-bond acceptors (Lipinski definition) is 3. The lowest BCUT2D eigenvalue weighted by Crippen LogP contribution is -2.38. The van der Waals surface area contributed by atoms with Crippen molar-refractivity contribution >= 4 is 29.1 Å². The average Bonchev–Trinajstić information content (AvgIpc) is 2.31. The predicted molar refractivity (Wildman–Crippen MR) is 51.1 cm³/mol. The molecule has 0 aromatic rings. The van der Waals surface area contributed by atoms with E-state index in [1.165, 1.54) is 0 Å². The topological polar surface area (TPSA) is 75.4 Å². The highest BCUT2D eigenvalue weighted by Crippen LogP contribution is 2.08. The van der Waals surface area contributed by atoms with Gasteiger partial charge in [0.2, 0.25) is 0 Å². The van der Waals surface area contributed by atoms with Gasteiger partial charge in [-0.25, -0.2) is 4.79 Å². The molecule has 1 rings (SSSR count). The molecule has 1 heterocycles. The molecule has 6 heteroatoms.